The highest BCUT2D eigenvalue weighted by atomic mass is 16.5. The quantitative estimate of drug-likeness (QED) is 0.311. The summed E-state index contributed by atoms with van der Waals surface area (Å²) in [6.07, 6.45) is 5.60. The van der Waals surface area contributed by atoms with Gasteiger partial charge in [-0.15, -0.1) is 0 Å². The zero-order valence-corrected chi connectivity index (χ0v) is 18.8. The van der Waals surface area contributed by atoms with E-state index in [1.165, 1.54) is 7.11 Å². The summed E-state index contributed by atoms with van der Waals surface area (Å²) in [5, 5.41) is 2.14. The number of hydrogen-bond acceptors (Lipinski definition) is 4. The van der Waals surface area contributed by atoms with Gasteiger partial charge < -0.3 is 14.4 Å². The third-order valence-electron chi connectivity index (χ3n) is 5.74. The molecule has 0 amide bonds. The number of carbonyl (C=O) groups excluding carboxylic acids is 1. The van der Waals surface area contributed by atoms with Crippen LogP contribution in [-0.4, -0.2) is 26.7 Å². The highest BCUT2D eigenvalue weighted by molar-refractivity contribution is 5.96. The number of esters is 1. The fourth-order valence-electron chi connectivity index (χ4n) is 4.28. The number of rotatable bonds is 9. The number of fused-ring (bicyclic) bond motifs is 1. The van der Waals surface area contributed by atoms with Crippen LogP contribution in [-0.2, 0) is 15.1 Å². The Hall–Kier alpha value is -3.27. The Morgan fingerprint density at radius 2 is 1.65 bits per heavy atom. The molecule has 0 aromatic heterocycles. The fraction of sp³-hybridized carbons (Fsp3) is 0.296. The van der Waals surface area contributed by atoms with Gasteiger partial charge in [0.15, 0.2) is 5.54 Å². The molecule has 31 heavy (non-hydrogen) atoms. The lowest BCUT2D eigenvalue weighted by Gasteiger charge is -2.43. The van der Waals surface area contributed by atoms with Crippen molar-refractivity contribution in [2.24, 2.45) is 0 Å². The Bertz CT molecular complexity index is 1040. The van der Waals surface area contributed by atoms with Gasteiger partial charge in [-0.05, 0) is 53.9 Å². The van der Waals surface area contributed by atoms with Crippen LogP contribution in [0.1, 0.15) is 32.3 Å². The second-order valence-corrected chi connectivity index (χ2v) is 7.40. The minimum absolute atomic E-state index is 0.276. The van der Waals surface area contributed by atoms with Gasteiger partial charge in [-0.2, -0.15) is 0 Å². The fourth-order valence-corrected chi connectivity index (χ4v) is 4.28. The number of carbonyl (C=O) groups is 1. The lowest BCUT2D eigenvalue weighted by Crippen LogP contribution is -2.53. The molecule has 0 aliphatic rings. The summed E-state index contributed by atoms with van der Waals surface area (Å²) in [5.41, 5.74) is 0.868. The number of hydrogen-bond donors (Lipinski definition) is 0. The molecule has 0 spiro atoms. The maximum atomic E-state index is 13.6. The third-order valence-corrected chi connectivity index (χ3v) is 5.74. The average Bonchev–Trinajstić information content (AvgIpc) is 2.83. The van der Waals surface area contributed by atoms with Gasteiger partial charge in [-0.25, -0.2) is 4.79 Å². The standard InChI is InChI=1S/C27H31NO3/c1-5-7-10-20-27(26(29)31-4,25-15-11-13-21-12-8-9-14-24(21)25)28(6-2)22-16-18-23(30-3)19-17-22/h7-19H,5-6,20H2,1-4H3/b10-7+. The van der Waals surface area contributed by atoms with E-state index >= 15 is 0 Å². The molecule has 0 heterocycles. The molecule has 0 aliphatic carbocycles. The van der Waals surface area contributed by atoms with Crippen LogP contribution in [0, 0.1) is 0 Å². The molecule has 162 valence electrons. The van der Waals surface area contributed by atoms with Crippen molar-refractivity contribution in [3.63, 3.8) is 0 Å². The molecule has 0 radical (unpaired) electrons. The van der Waals surface area contributed by atoms with Crippen molar-refractivity contribution in [1.82, 2.24) is 0 Å². The van der Waals surface area contributed by atoms with Gasteiger partial charge in [-0.1, -0.05) is 61.5 Å². The molecule has 0 N–H and O–H groups in total. The molecule has 0 saturated heterocycles. The summed E-state index contributed by atoms with van der Waals surface area (Å²) in [4.78, 5) is 15.8. The van der Waals surface area contributed by atoms with E-state index in [1.54, 1.807) is 7.11 Å². The molecular weight excluding hydrogens is 386 g/mol. The van der Waals surface area contributed by atoms with Crippen molar-refractivity contribution in [2.75, 3.05) is 25.7 Å². The van der Waals surface area contributed by atoms with Gasteiger partial charge in [-0.3, -0.25) is 0 Å². The van der Waals surface area contributed by atoms with E-state index in [0.717, 1.165) is 34.2 Å². The summed E-state index contributed by atoms with van der Waals surface area (Å²) >= 11 is 0. The average molecular weight is 418 g/mol. The van der Waals surface area contributed by atoms with Crippen molar-refractivity contribution in [3.05, 3.63) is 84.4 Å². The van der Waals surface area contributed by atoms with Crippen molar-refractivity contribution in [2.45, 2.75) is 32.2 Å². The molecule has 4 heteroatoms. The van der Waals surface area contributed by atoms with E-state index < -0.39 is 5.54 Å². The molecule has 1 atom stereocenters. The molecule has 3 rings (SSSR count). The SMILES string of the molecule is CC/C=C/CC(C(=O)OC)(c1cccc2ccccc12)N(CC)c1ccc(OC)cc1. The predicted molar refractivity (Wildman–Crippen MR) is 128 cm³/mol. The lowest BCUT2D eigenvalue weighted by molar-refractivity contribution is -0.147. The van der Waals surface area contributed by atoms with E-state index in [9.17, 15) is 4.79 Å². The predicted octanol–water partition coefficient (Wildman–Crippen LogP) is 6.10. The van der Waals surface area contributed by atoms with E-state index in [1.807, 2.05) is 48.5 Å². The van der Waals surface area contributed by atoms with Crippen LogP contribution in [0.5, 0.6) is 5.75 Å². The highest BCUT2D eigenvalue weighted by Crippen LogP contribution is 2.41. The molecule has 0 aliphatic heterocycles. The van der Waals surface area contributed by atoms with Gasteiger partial charge in [0.25, 0.3) is 0 Å². The monoisotopic (exact) mass is 417 g/mol. The minimum Gasteiger partial charge on any atom is -0.497 e. The van der Waals surface area contributed by atoms with Crippen molar-refractivity contribution < 1.29 is 14.3 Å². The summed E-state index contributed by atoms with van der Waals surface area (Å²) < 4.78 is 10.8. The van der Waals surface area contributed by atoms with Crippen molar-refractivity contribution in [3.8, 4) is 5.75 Å². The van der Waals surface area contributed by atoms with Crippen LogP contribution >= 0.6 is 0 Å². The maximum Gasteiger partial charge on any atom is 0.336 e. The van der Waals surface area contributed by atoms with Crippen LogP contribution < -0.4 is 9.64 Å². The zero-order chi connectivity index (χ0) is 22.3. The highest BCUT2D eigenvalue weighted by Gasteiger charge is 2.46. The first-order valence-corrected chi connectivity index (χ1v) is 10.8. The van der Waals surface area contributed by atoms with Gasteiger partial charge >= 0.3 is 5.97 Å². The topological polar surface area (TPSA) is 38.8 Å². The summed E-state index contributed by atoms with van der Waals surface area (Å²) in [6.45, 7) is 4.79. The van der Waals surface area contributed by atoms with Crippen LogP contribution in [0.25, 0.3) is 10.8 Å². The van der Waals surface area contributed by atoms with Crippen LogP contribution in [0.15, 0.2) is 78.9 Å². The molecular formula is C27H31NO3. The molecule has 0 bridgehead atoms. The normalized spacial score (nSPS) is 13.2. The molecule has 0 fully saturated rings. The number of nitrogens with zero attached hydrogens (tertiary/aromatic N) is 1. The van der Waals surface area contributed by atoms with Crippen molar-refractivity contribution in [1.29, 1.82) is 0 Å². The Kier molecular flexibility index (Phi) is 7.35. The van der Waals surface area contributed by atoms with Gasteiger partial charge in [0.2, 0.25) is 0 Å². The number of likely N-dealkylation sites (N-methyl/N-ethyl adjacent to an activating group) is 1. The molecule has 1 unspecified atom stereocenters. The lowest BCUT2D eigenvalue weighted by atomic mass is 9.81. The van der Waals surface area contributed by atoms with Gasteiger partial charge in [0.1, 0.15) is 5.75 Å². The number of benzene rings is 3. The van der Waals surface area contributed by atoms with Gasteiger partial charge in [0, 0.05) is 18.7 Å². The number of allylic oxidation sites excluding steroid dienone is 1. The smallest absolute Gasteiger partial charge is 0.336 e. The van der Waals surface area contributed by atoms with Crippen LogP contribution in [0.2, 0.25) is 0 Å². The zero-order valence-electron chi connectivity index (χ0n) is 18.8. The first kappa shape index (κ1) is 22.4. The second-order valence-electron chi connectivity index (χ2n) is 7.40. The number of anilines is 1. The number of ether oxygens (including phenoxy) is 2. The largest absolute Gasteiger partial charge is 0.497 e. The van der Waals surface area contributed by atoms with E-state index in [0.29, 0.717) is 13.0 Å². The first-order chi connectivity index (χ1) is 15.1. The second kappa shape index (κ2) is 10.2. The maximum absolute atomic E-state index is 13.6. The van der Waals surface area contributed by atoms with Gasteiger partial charge in [0.05, 0.1) is 14.2 Å². The Balaban J connectivity index is 2.32. The van der Waals surface area contributed by atoms with E-state index in [-0.39, 0.29) is 5.97 Å². The summed E-state index contributed by atoms with van der Waals surface area (Å²) in [5.74, 6) is 0.502. The van der Waals surface area contributed by atoms with E-state index in [2.05, 4.69) is 49.1 Å². The van der Waals surface area contributed by atoms with Crippen LogP contribution in [0.3, 0.4) is 0 Å². The first-order valence-electron chi connectivity index (χ1n) is 10.8. The third kappa shape index (κ3) is 4.29. The minimum atomic E-state index is -1.01. The summed E-state index contributed by atoms with van der Waals surface area (Å²) in [7, 11) is 3.12. The number of methoxy groups -OCH3 is 2. The molecule has 3 aromatic rings. The Morgan fingerprint density at radius 3 is 2.29 bits per heavy atom. The Labute approximate surface area is 185 Å². The molecule has 4 nitrogen and oxygen atoms in total. The van der Waals surface area contributed by atoms with Crippen molar-refractivity contribution >= 4 is 22.4 Å². The molecule has 3 aromatic carbocycles. The molecule has 0 saturated carbocycles. The van der Waals surface area contributed by atoms with Crippen LogP contribution in [0.4, 0.5) is 5.69 Å². The summed E-state index contributed by atoms with van der Waals surface area (Å²) in [6, 6.07) is 22.2. The van der Waals surface area contributed by atoms with E-state index in [4.69, 9.17) is 9.47 Å². The Morgan fingerprint density at radius 1 is 0.935 bits per heavy atom.